The van der Waals surface area contributed by atoms with Gasteiger partial charge in [0.25, 0.3) is 0 Å². The number of methoxy groups -OCH3 is 1. The minimum Gasteiger partial charge on any atom is -0.496 e. The minimum atomic E-state index is -0.150. The van der Waals surface area contributed by atoms with Crippen molar-refractivity contribution in [3.63, 3.8) is 0 Å². The number of carbonyl (C=O) groups is 1. The van der Waals surface area contributed by atoms with Crippen LogP contribution in [0.25, 0.3) is 11.1 Å². The predicted octanol–water partition coefficient (Wildman–Crippen LogP) is 3.91. The number of amides is 1. The van der Waals surface area contributed by atoms with Crippen LogP contribution in [0.4, 0.5) is 0 Å². The Hall–Kier alpha value is -2.33. The minimum absolute atomic E-state index is 0.150. The number of hydrogen-bond donors (Lipinski definition) is 0. The fourth-order valence-electron chi connectivity index (χ4n) is 4.48. The molecule has 2 aliphatic rings. The van der Waals surface area contributed by atoms with E-state index in [1.54, 1.807) is 7.11 Å². The normalized spacial score (nSPS) is 23.2. The van der Waals surface area contributed by atoms with Crippen molar-refractivity contribution in [2.75, 3.05) is 20.2 Å². The average Bonchev–Trinajstić information content (AvgIpc) is 2.98. The maximum Gasteiger partial charge on any atom is 0.224 e. The van der Waals surface area contributed by atoms with Crippen molar-refractivity contribution in [3.8, 4) is 16.9 Å². The smallest absolute Gasteiger partial charge is 0.224 e. The van der Waals surface area contributed by atoms with Gasteiger partial charge in [-0.3, -0.25) is 9.69 Å². The molecule has 0 aliphatic carbocycles. The van der Waals surface area contributed by atoms with E-state index in [1.807, 2.05) is 18.2 Å². The summed E-state index contributed by atoms with van der Waals surface area (Å²) in [6, 6.07) is 16.7. The molecule has 1 atom stereocenters. The third-order valence-corrected chi connectivity index (χ3v) is 5.96. The van der Waals surface area contributed by atoms with Crippen LogP contribution < -0.4 is 4.74 Å². The molecule has 4 rings (SSSR count). The van der Waals surface area contributed by atoms with Gasteiger partial charge in [0.2, 0.25) is 5.91 Å². The molecule has 2 aromatic rings. The Bertz CT molecular complexity index is 819. The molecular formula is C22H26N2O2. The summed E-state index contributed by atoms with van der Waals surface area (Å²) in [6.07, 6.45) is 2.63. The second-order valence-electron chi connectivity index (χ2n) is 7.39. The zero-order chi connectivity index (χ0) is 18.1. The van der Waals surface area contributed by atoms with Crippen LogP contribution in [-0.4, -0.2) is 41.6 Å². The standard InChI is InChI=1S/C22H26N2O2/c1-22-13-12-21(25)24(22)15-7-14-23(22)16-17-8-3-4-9-18(17)19-10-5-6-11-20(19)26-2/h3-6,8-11H,7,12-16H2,1-2H3/t22-/m1/s1. The number of nitrogens with zero attached hydrogens (tertiary/aromatic N) is 2. The van der Waals surface area contributed by atoms with Crippen LogP contribution >= 0.6 is 0 Å². The van der Waals surface area contributed by atoms with Crippen LogP contribution in [0.1, 0.15) is 31.7 Å². The number of para-hydroxylation sites is 1. The summed E-state index contributed by atoms with van der Waals surface area (Å²) in [4.78, 5) is 16.8. The van der Waals surface area contributed by atoms with E-state index in [0.29, 0.717) is 12.3 Å². The Kier molecular flexibility index (Phi) is 4.45. The molecule has 0 saturated carbocycles. The lowest BCUT2D eigenvalue weighted by Crippen LogP contribution is -2.60. The summed E-state index contributed by atoms with van der Waals surface area (Å²) < 4.78 is 5.58. The SMILES string of the molecule is COc1ccccc1-c1ccccc1CN1CCCN2C(=O)CC[C@]12C. The van der Waals surface area contributed by atoms with Crippen molar-refractivity contribution in [1.29, 1.82) is 0 Å². The van der Waals surface area contributed by atoms with E-state index in [2.05, 4.69) is 47.1 Å². The summed E-state index contributed by atoms with van der Waals surface area (Å²) in [6.45, 7) is 4.98. The molecule has 0 radical (unpaired) electrons. The summed E-state index contributed by atoms with van der Waals surface area (Å²) in [7, 11) is 1.72. The zero-order valence-corrected chi connectivity index (χ0v) is 15.6. The molecule has 0 unspecified atom stereocenters. The topological polar surface area (TPSA) is 32.8 Å². The van der Waals surface area contributed by atoms with Gasteiger partial charge in [-0.15, -0.1) is 0 Å². The van der Waals surface area contributed by atoms with E-state index in [-0.39, 0.29) is 5.66 Å². The van der Waals surface area contributed by atoms with Gasteiger partial charge in [-0.25, -0.2) is 0 Å². The van der Waals surface area contributed by atoms with E-state index < -0.39 is 0 Å². The van der Waals surface area contributed by atoms with Crippen LogP contribution in [0.5, 0.6) is 5.75 Å². The molecule has 2 aliphatic heterocycles. The first-order valence-electron chi connectivity index (χ1n) is 9.40. The number of carbonyl (C=O) groups excluding carboxylic acids is 1. The van der Waals surface area contributed by atoms with Crippen LogP contribution in [0, 0.1) is 0 Å². The monoisotopic (exact) mass is 350 g/mol. The van der Waals surface area contributed by atoms with E-state index in [1.165, 1.54) is 11.1 Å². The largest absolute Gasteiger partial charge is 0.496 e. The number of benzene rings is 2. The Morgan fingerprint density at radius 2 is 1.77 bits per heavy atom. The van der Waals surface area contributed by atoms with Crippen molar-refractivity contribution < 1.29 is 9.53 Å². The summed E-state index contributed by atoms with van der Waals surface area (Å²) in [5, 5.41) is 0. The van der Waals surface area contributed by atoms with Gasteiger partial charge in [-0.05, 0) is 37.0 Å². The van der Waals surface area contributed by atoms with Crippen molar-refractivity contribution in [3.05, 3.63) is 54.1 Å². The van der Waals surface area contributed by atoms with Gasteiger partial charge in [0.05, 0.1) is 12.8 Å². The molecule has 2 aromatic carbocycles. The molecule has 0 spiro atoms. The lowest BCUT2D eigenvalue weighted by atomic mass is 9.96. The zero-order valence-electron chi connectivity index (χ0n) is 15.6. The van der Waals surface area contributed by atoms with Gasteiger partial charge in [-0.1, -0.05) is 42.5 Å². The second kappa shape index (κ2) is 6.76. The van der Waals surface area contributed by atoms with Crippen LogP contribution in [0.3, 0.4) is 0 Å². The third kappa shape index (κ3) is 2.78. The molecular weight excluding hydrogens is 324 g/mol. The van der Waals surface area contributed by atoms with Gasteiger partial charge >= 0.3 is 0 Å². The van der Waals surface area contributed by atoms with E-state index in [4.69, 9.17) is 4.74 Å². The van der Waals surface area contributed by atoms with Crippen LogP contribution in [0.15, 0.2) is 48.5 Å². The molecule has 0 bridgehead atoms. The lowest BCUT2D eigenvalue weighted by Gasteiger charge is -2.48. The highest BCUT2D eigenvalue weighted by molar-refractivity contribution is 5.79. The van der Waals surface area contributed by atoms with Gasteiger partial charge in [0, 0.05) is 31.6 Å². The quantitative estimate of drug-likeness (QED) is 0.838. The first-order chi connectivity index (χ1) is 12.6. The first kappa shape index (κ1) is 17.1. The molecule has 2 fully saturated rings. The van der Waals surface area contributed by atoms with Gasteiger partial charge in [0.1, 0.15) is 5.75 Å². The number of ether oxygens (including phenoxy) is 1. The Morgan fingerprint density at radius 3 is 2.58 bits per heavy atom. The molecule has 4 heteroatoms. The molecule has 1 amide bonds. The molecule has 2 heterocycles. The highest BCUT2D eigenvalue weighted by Crippen LogP contribution is 2.39. The number of rotatable bonds is 4. The maximum atomic E-state index is 12.3. The molecule has 26 heavy (non-hydrogen) atoms. The average molecular weight is 350 g/mol. The second-order valence-corrected chi connectivity index (χ2v) is 7.39. The van der Waals surface area contributed by atoms with E-state index >= 15 is 0 Å². The number of fused-ring (bicyclic) bond motifs is 1. The highest BCUT2D eigenvalue weighted by Gasteiger charge is 2.47. The summed E-state index contributed by atoms with van der Waals surface area (Å²) in [5.41, 5.74) is 3.45. The van der Waals surface area contributed by atoms with Crippen molar-refractivity contribution >= 4 is 5.91 Å². The first-order valence-corrected chi connectivity index (χ1v) is 9.40. The van der Waals surface area contributed by atoms with E-state index in [9.17, 15) is 4.79 Å². The van der Waals surface area contributed by atoms with Gasteiger partial charge < -0.3 is 9.64 Å². The maximum absolute atomic E-state index is 12.3. The lowest BCUT2D eigenvalue weighted by molar-refractivity contribution is -0.141. The molecule has 136 valence electrons. The Labute approximate surface area is 155 Å². The fourth-order valence-corrected chi connectivity index (χ4v) is 4.48. The van der Waals surface area contributed by atoms with Crippen molar-refractivity contribution in [1.82, 2.24) is 9.80 Å². The fraction of sp³-hybridized carbons (Fsp3) is 0.409. The van der Waals surface area contributed by atoms with Gasteiger partial charge in [-0.2, -0.15) is 0 Å². The molecule has 0 aromatic heterocycles. The van der Waals surface area contributed by atoms with Crippen LogP contribution in [-0.2, 0) is 11.3 Å². The Morgan fingerprint density at radius 1 is 1.04 bits per heavy atom. The van der Waals surface area contributed by atoms with Crippen molar-refractivity contribution in [2.45, 2.75) is 38.4 Å². The van der Waals surface area contributed by atoms with E-state index in [0.717, 1.165) is 43.8 Å². The Balaban J connectivity index is 1.68. The summed E-state index contributed by atoms with van der Waals surface area (Å²) in [5.74, 6) is 1.19. The predicted molar refractivity (Wildman–Crippen MR) is 103 cm³/mol. The number of hydrogen-bond acceptors (Lipinski definition) is 3. The summed E-state index contributed by atoms with van der Waals surface area (Å²) >= 11 is 0. The molecule has 2 saturated heterocycles. The third-order valence-electron chi connectivity index (χ3n) is 5.96. The molecule has 0 N–H and O–H groups in total. The highest BCUT2D eigenvalue weighted by atomic mass is 16.5. The van der Waals surface area contributed by atoms with Gasteiger partial charge in [0.15, 0.2) is 0 Å². The van der Waals surface area contributed by atoms with Crippen LogP contribution in [0.2, 0.25) is 0 Å². The molecule has 4 nitrogen and oxygen atoms in total. The van der Waals surface area contributed by atoms with Crippen molar-refractivity contribution in [2.24, 2.45) is 0 Å².